The maximum atomic E-state index is 12.5. The molecule has 2 rings (SSSR count). The van der Waals surface area contributed by atoms with Crippen LogP contribution in [0.1, 0.15) is 40.5 Å². The first-order chi connectivity index (χ1) is 11.6. The summed E-state index contributed by atoms with van der Waals surface area (Å²) in [6, 6.07) is 6.80. The zero-order valence-electron chi connectivity index (χ0n) is 13.5. The molecule has 8 heteroatoms. The molecule has 0 aliphatic carbocycles. The minimum Gasteiger partial charge on any atom is -0.450 e. The van der Waals surface area contributed by atoms with Crippen molar-refractivity contribution in [2.24, 2.45) is 5.73 Å². The molecule has 0 saturated heterocycles. The minimum atomic E-state index is -0.803. The fourth-order valence-corrected chi connectivity index (χ4v) is 2.91. The van der Waals surface area contributed by atoms with E-state index in [0.29, 0.717) is 30.5 Å². The monoisotopic (exact) mass is 351 g/mol. The summed E-state index contributed by atoms with van der Waals surface area (Å²) in [5.41, 5.74) is 7.58. The first-order valence-corrected chi connectivity index (χ1v) is 8.87. The summed E-state index contributed by atoms with van der Waals surface area (Å²) in [5, 5.41) is 2.84. The third-order valence-electron chi connectivity index (χ3n) is 3.45. The number of hydrogen-bond acceptors (Lipinski definition) is 4. The number of amides is 3. The van der Waals surface area contributed by atoms with Gasteiger partial charge in [-0.05, 0) is 30.7 Å². The van der Waals surface area contributed by atoms with Gasteiger partial charge < -0.3 is 10.5 Å². The van der Waals surface area contributed by atoms with Gasteiger partial charge in [0.15, 0.2) is 0 Å². The van der Waals surface area contributed by atoms with E-state index in [0.717, 1.165) is 17.1 Å². The lowest BCUT2D eigenvalue weighted by Gasteiger charge is -2.26. The molecular formula is C16H21N3O4S. The number of benzene rings is 1. The molecule has 130 valence electrons. The van der Waals surface area contributed by atoms with Crippen molar-refractivity contribution in [2.75, 3.05) is 18.9 Å². The number of hydrogen-bond donors (Lipinski definition) is 2. The fourth-order valence-electron chi connectivity index (χ4n) is 2.34. The third kappa shape index (κ3) is 4.21. The fraction of sp³-hybridized carbons (Fsp3) is 0.375. The summed E-state index contributed by atoms with van der Waals surface area (Å²) in [7, 11) is 0. The topological polar surface area (TPSA) is 92.9 Å². The molecule has 0 aromatic heterocycles. The van der Waals surface area contributed by atoms with Crippen LogP contribution in [0.2, 0.25) is 0 Å². The van der Waals surface area contributed by atoms with E-state index in [4.69, 9.17) is 5.73 Å². The number of nitrogens with zero attached hydrogens (tertiary/aromatic N) is 2. The summed E-state index contributed by atoms with van der Waals surface area (Å²) in [6.45, 7) is 2.71. The molecule has 3 amide bonds. The lowest BCUT2D eigenvalue weighted by molar-refractivity contribution is 0.0309. The van der Waals surface area contributed by atoms with Crippen molar-refractivity contribution >= 4 is 34.7 Å². The van der Waals surface area contributed by atoms with Gasteiger partial charge in [0.1, 0.15) is 0 Å². The average molecular weight is 351 g/mol. The molecular weight excluding hydrogens is 330 g/mol. The molecule has 0 spiro atoms. The van der Waals surface area contributed by atoms with Crippen LogP contribution < -0.4 is 5.73 Å². The molecule has 0 radical (unpaired) electrons. The summed E-state index contributed by atoms with van der Waals surface area (Å²) in [4.78, 5) is 35.6. The van der Waals surface area contributed by atoms with Gasteiger partial charge in [0.25, 0.3) is 11.8 Å². The number of carbonyl (C=O) groups excluding carboxylic acids is 3. The highest BCUT2D eigenvalue weighted by Crippen LogP contribution is 2.24. The van der Waals surface area contributed by atoms with Gasteiger partial charge >= 0.3 is 6.09 Å². The zero-order chi connectivity index (χ0) is 17.5. The molecule has 7 nitrogen and oxygen atoms in total. The van der Waals surface area contributed by atoms with E-state index in [1.165, 1.54) is 5.01 Å². The molecule has 24 heavy (non-hydrogen) atoms. The minimum absolute atomic E-state index is 0.219. The number of primary amides is 1. The van der Waals surface area contributed by atoms with E-state index < -0.39 is 6.09 Å². The van der Waals surface area contributed by atoms with Crippen LogP contribution in [0.25, 0.3) is 0 Å². The maximum absolute atomic E-state index is 12.5. The molecule has 1 aliphatic heterocycles. The van der Waals surface area contributed by atoms with E-state index in [2.05, 4.69) is 4.74 Å². The molecule has 0 atom stereocenters. The van der Waals surface area contributed by atoms with Crippen LogP contribution in [-0.2, 0) is 4.74 Å². The SMILES string of the molecule is CC[SH]=CN(CCCCOC(N)=O)N1C(=O)c2ccccc2C1=O. The second-order valence-corrected chi connectivity index (χ2v) is 6.35. The van der Waals surface area contributed by atoms with Crippen molar-refractivity contribution in [1.82, 2.24) is 10.0 Å². The van der Waals surface area contributed by atoms with Gasteiger partial charge in [-0.1, -0.05) is 19.1 Å². The van der Waals surface area contributed by atoms with Crippen LogP contribution >= 0.6 is 11.4 Å². The molecule has 0 saturated carbocycles. The molecule has 1 heterocycles. The number of rotatable bonds is 8. The number of imide groups is 1. The Labute approximate surface area is 144 Å². The predicted octanol–water partition coefficient (Wildman–Crippen LogP) is 1.62. The third-order valence-corrected chi connectivity index (χ3v) is 4.25. The molecule has 0 unspecified atom stereocenters. The Morgan fingerprint density at radius 2 is 1.88 bits per heavy atom. The van der Waals surface area contributed by atoms with Crippen molar-refractivity contribution in [3.8, 4) is 0 Å². The molecule has 1 aromatic rings. The summed E-state index contributed by atoms with van der Waals surface area (Å²) < 4.78 is 4.68. The van der Waals surface area contributed by atoms with Crippen LogP contribution in [0, 0.1) is 0 Å². The number of thiol groups is 1. The maximum Gasteiger partial charge on any atom is 0.404 e. The highest BCUT2D eigenvalue weighted by atomic mass is 32.1. The number of hydrazine groups is 1. The Kier molecular flexibility index (Phi) is 6.51. The van der Waals surface area contributed by atoms with Gasteiger partial charge in [-0.3, -0.25) is 9.59 Å². The number of carbonyl (C=O) groups is 3. The van der Waals surface area contributed by atoms with Crippen LogP contribution in [0.4, 0.5) is 4.79 Å². The van der Waals surface area contributed by atoms with Crippen molar-refractivity contribution < 1.29 is 19.1 Å². The van der Waals surface area contributed by atoms with Gasteiger partial charge in [-0.15, -0.1) is 0 Å². The number of ether oxygens (including phenoxy) is 1. The largest absolute Gasteiger partial charge is 0.450 e. The number of unbranched alkanes of at least 4 members (excludes halogenated alkanes) is 1. The smallest absolute Gasteiger partial charge is 0.404 e. The normalized spacial score (nSPS) is 14.2. The molecule has 0 bridgehead atoms. The second-order valence-electron chi connectivity index (χ2n) is 5.12. The van der Waals surface area contributed by atoms with Crippen LogP contribution in [0.3, 0.4) is 0 Å². The van der Waals surface area contributed by atoms with Gasteiger partial charge in [-0.25, -0.2) is 4.79 Å². The molecule has 2 N–H and O–H groups in total. The summed E-state index contributed by atoms with van der Waals surface area (Å²) in [5.74, 6) is 0.253. The van der Waals surface area contributed by atoms with Crippen molar-refractivity contribution in [3.63, 3.8) is 0 Å². The highest BCUT2D eigenvalue weighted by Gasteiger charge is 2.38. The van der Waals surface area contributed by atoms with E-state index in [9.17, 15) is 14.4 Å². The highest BCUT2D eigenvalue weighted by molar-refractivity contribution is 7.97. The van der Waals surface area contributed by atoms with Crippen molar-refractivity contribution in [3.05, 3.63) is 35.4 Å². The van der Waals surface area contributed by atoms with Gasteiger partial charge in [0.2, 0.25) is 0 Å². The Morgan fingerprint density at radius 3 is 2.42 bits per heavy atom. The van der Waals surface area contributed by atoms with Gasteiger partial charge in [-0.2, -0.15) is 21.4 Å². The molecule has 1 aliphatic rings. The number of fused-ring (bicyclic) bond motifs is 1. The Hall–Kier alpha value is -2.19. The van der Waals surface area contributed by atoms with Gasteiger partial charge in [0, 0.05) is 12.0 Å². The molecule has 0 fully saturated rings. The Morgan fingerprint density at radius 1 is 1.25 bits per heavy atom. The lowest BCUT2D eigenvalue weighted by Crippen LogP contribution is -2.45. The average Bonchev–Trinajstić information content (AvgIpc) is 2.82. The van der Waals surface area contributed by atoms with E-state index in [-0.39, 0.29) is 18.4 Å². The standard InChI is InChI=1S/C16H21N3O4S/c1-2-24-11-18(9-5-6-10-23-16(17)22)19-14(20)12-7-3-4-8-13(12)15(19)21/h3-4,7-8,11,24H,2,5-6,9-10H2,1H3,(H2,17,22). The quantitative estimate of drug-likeness (QED) is 0.321. The zero-order valence-corrected chi connectivity index (χ0v) is 14.4. The van der Waals surface area contributed by atoms with Crippen LogP contribution in [0.5, 0.6) is 0 Å². The van der Waals surface area contributed by atoms with Gasteiger partial charge in [0.05, 0.1) is 17.7 Å². The number of nitrogens with two attached hydrogens (primary N) is 1. The summed E-state index contributed by atoms with van der Waals surface area (Å²) in [6.07, 6.45) is 0.443. The van der Waals surface area contributed by atoms with E-state index in [1.807, 2.05) is 12.4 Å². The van der Waals surface area contributed by atoms with Crippen molar-refractivity contribution in [2.45, 2.75) is 19.8 Å². The van der Waals surface area contributed by atoms with E-state index in [1.54, 1.807) is 29.3 Å². The first-order valence-electron chi connectivity index (χ1n) is 7.72. The van der Waals surface area contributed by atoms with Crippen LogP contribution in [-0.4, -0.2) is 52.3 Å². The second kappa shape index (κ2) is 8.60. The predicted molar refractivity (Wildman–Crippen MR) is 94.0 cm³/mol. The summed E-state index contributed by atoms with van der Waals surface area (Å²) >= 11 is 1.00. The lowest BCUT2D eigenvalue weighted by atomic mass is 10.1. The Balaban J connectivity index is 2.06. The first kappa shape index (κ1) is 18.2. The van der Waals surface area contributed by atoms with Crippen molar-refractivity contribution in [1.29, 1.82) is 0 Å². The molecule has 1 aromatic carbocycles. The Bertz CT molecular complexity index is 627. The van der Waals surface area contributed by atoms with Crippen LogP contribution in [0.15, 0.2) is 24.3 Å². The van der Waals surface area contributed by atoms with E-state index >= 15 is 0 Å².